The van der Waals surface area contributed by atoms with E-state index in [4.69, 9.17) is 5.73 Å². The van der Waals surface area contributed by atoms with Crippen LogP contribution in [0.1, 0.15) is 5.56 Å². The van der Waals surface area contributed by atoms with E-state index in [0.717, 1.165) is 22.1 Å². The number of nitrogens with zero attached hydrogens (tertiary/aromatic N) is 2. The second kappa shape index (κ2) is 4.11. The van der Waals surface area contributed by atoms with E-state index in [-0.39, 0.29) is 0 Å². The fraction of sp³-hybridized carbons (Fsp3) is 0.0667. The van der Waals surface area contributed by atoms with Gasteiger partial charge in [0.25, 0.3) is 0 Å². The van der Waals surface area contributed by atoms with Gasteiger partial charge in [0, 0.05) is 35.1 Å². The SMILES string of the molecule is Cc1cc(N)ncc1-c1cncc2ccccc12. The first-order chi connectivity index (χ1) is 8.75. The molecular formula is C15H13N3. The lowest BCUT2D eigenvalue weighted by Gasteiger charge is -2.09. The van der Waals surface area contributed by atoms with Gasteiger partial charge in [-0.3, -0.25) is 4.98 Å². The fourth-order valence-electron chi connectivity index (χ4n) is 2.19. The van der Waals surface area contributed by atoms with E-state index >= 15 is 0 Å². The Hall–Kier alpha value is -2.42. The second-order valence-electron chi connectivity index (χ2n) is 4.33. The van der Waals surface area contributed by atoms with Gasteiger partial charge in [-0.15, -0.1) is 0 Å². The molecule has 3 rings (SSSR count). The van der Waals surface area contributed by atoms with Crippen LogP contribution < -0.4 is 5.73 Å². The van der Waals surface area contributed by atoms with Crippen molar-refractivity contribution in [3.05, 3.63) is 54.5 Å². The lowest BCUT2D eigenvalue weighted by Crippen LogP contribution is -1.93. The Bertz CT molecular complexity index is 715. The van der Waals surface area contributed by atoms with Crippen LogP contribution in [0.15, 0.2) is 48.9 Å². The van der Waals surface area contributed by atoms with Gasteiger partial charge >= 0.3 is 0 Å². The van der Waals surface area contributed by atoms with E-state index in [1.807, 2.05) is 43.7 Å². The van der Waals surface area contributed by atoms with Crippen LogP contribution in [0.5, 0.6) is 0 Å². The van der Waals surface area contributed by atoms with E-state index in [0.29, 0.717) is 5.82 Å². The highest BCUT2D eigenvalue weighted by Gasteiger charge is 2.07. The Labute approximate surface area is 105 Å². The maximum Gasteiger partial charge on any atom is 0.123 e. The largest absolute Gasteiger partial charge is 0.384 e. The molecule has 0 aliphatic carbocycles. The van der Waals surface area contributed by atoms with Crippen LogP contribution in [0.3, 0.4) is 0 Å². The van der Waals surface area contributed by atoms with Gasteiger partial charge in [-0.05, 0) is 23.9 Å². The number of nitrogens with two attached hydrogens (primary N) is 1. The maximum absolute atomic E-state index is 5.69. The predicted molar refractivity (Wildman–Crippen MR) is 74.1 cm³/mol. The van der Waals surface area contributed by atoms with Gasteiger partial charge in [0.1, 0.15) is 5.82 Å². The molecule has 0 saturated heterocycles. The molecule has 0 radical (unpaired) electrons. The number of rotatable bonds is 1. The van der Waals surface area contributed by atoms with Gasteiger partial charge < -0.3 is 5.73 Å². The highest BCUT2D eigenvalue weighted by atomic mass is 14.8. The van der Waals surface area contributed by atoms with Gasteiger partial charge in [-0.25, -0.2) is 4.98 Å². The zero-order chi connectivity index (χ0) is 12.5. The van der Waals surface area contributed by atoms with Crippen molar-refractivity contribution in [3.63, 3.8) is 0 Å². The van der Waals surface area contributed by atoms with E-state index in [1.165, 1.54) is 5.39 Å². The number of hydrogen-bond donors (Lipinski definition) is 1. The first-order valence-electron chi connectivity index (χ1n) is 5.81. The summed E-state index contributed by atoms with van der Waals surface area (Å²) in [5.41, 5.74) is 8.98. The molecule has 3 heteroatoms. The number of fused-ring (bicyclic) bond motifs is 1. The number of benzene rings is 1. The van der Waals surface area contributed by atoms with Crippen molar-refractivity contribution in [3.8, 4) is 11.1 Å². The van der Waals surface area contributed by atoms with Crippen molar-refractivity contribution in [2.24, 2.45) is 0 Å². The third-order valence-electron chi connectivity index (χ3n) is 3.09. The minimum atomic E-state index is 0.546. The summed E-state index contributed by atoms with van der Waals surface area (Å²) in [5.74, 6) is 0.546. The topological polar surface area (TPSA) is 51.8 Å². The van der Waals surface area contributed by atoms with Crippen LogP contribution in [-0.2, 0) is 0 Å². The molecule has 2 heterocycles. The van der Waals surface area contributed by atoms with Crippen LogP contribution in [0.25, 0.3) is 21.9 Å². The molecule has 18 heavy (non-hydrogen) atoms. The molecular weight excluding hydrogens is 222 g/mol. The zero-order valence-corrected chi connectivity index (χ0v) is 10.1. The first kappa shape index (κ1) is 10.7. The molecule has 0 aliphatic heterocycles. The maximum atomic E-state index is 5.69. The summed E-state index contributed by atoms with van der Waals surface area (Å²) in [6, 6.07) is 10.1. The molecule has 0 atom stereocenters. The summed E-state index contributed by atoms with van der Waals surface area (Å²) in [6.07, 6.45) is 5.57. The van der Waals surface area contributed by atoms with Gasteiger partial charge in [-0.2, -0.15) is 0 Å². The molecule has 88 valence electrons. The zero-order valence-electron chi connectivity index (χ0n) is 10.1. The molecule has 0 saturated carbocycles. The molecule has 3 aromatic rings. The van der Waals surface area contributed by atoms with Crippen molar-refractivity contribution in [2.45, 2.75) is 6.92 Å². The Morgan fingerprint density at radius 1 is 1.00 bits per heavy atom. The highest BCUT2D eigenvalue weighted by molar-refractivity contribution is 5.96. The van der Waals surface area contributed by atoms with Crippen LogP contribution in [0, 0.1) is 6.92 Å². The quantitative estimate of drug-likeness (QED) is 0.704. The smallest absolute Gasteiger partial charge is 0.123 e. The molecule has 0 spiro atoms. The van der Waals surface area contributed by atoms with Gasteiger partial charge in [0.05, 0.1) is 0 Å². The van der Waals surface area contributed by atoms with E-state index in [9.17, 15) is 0 Å². The Morgan fingerprint density at radius 2 is 1.83 bits per heavy atom. The van der Waals surface area contributed by atoms with E-state index < -0.39 is 0 Å². The monoisotopic (exact) mass is 235 g/mol. The lowest BCUT2D eigenvalue weighted by molar-refractivity contribution is 1.28. The molecule has 0 bridgehead atoms. The van der Waals surface area contributed by atoms with Crippen molar-refractivity contribution in [1.82, 2.24) is 9.97 Å². The number of aryl methyl sites for hydroxylation is 1. The van der Waals surface area contributed by atoms with Crippen LogP contribution in [0.4, 0.5) is 5.82 Å². The molecule has 0 aliphatic rings. The second-order valence-corrected chi connectivity index (χ2v) is 4.33. The summed E-state index contributed by atoms with van der Waals surface area (Å²) in [6.45, 7) is 2.04. The van der Waals surface area contributed by atoms with Crippen LogP contribution >= 0.6 is 0 Å². The summed E-state index contributed by atoms with van der Waals surface area (Å²) in [4.78, 5) is 8.47. The Kier molecular flexibility index (Phi) is 2.45. The molecule has 3 nitrogen and oxygen atoms in total. The average Bonchev–Trinajstić information content (AvgIpc) is 2.38. The third kappa shape index (κ3) is 1.70. The van der Waals surface area contributed by atoms with Crippen LogP contribution in [-0.4, -0.2) is 9.97 Å². The molecule has 0 amide bonds. The van der Waals surface area contributed by atoms with Gasteiger partial charge in [0.2, 0.25) is 0 Å². The van der Waals surface area contributed by atoms with Gasteiger partial charge in [-0.1, -0.05) is 24.3 Å². The van der Waals surface area contributed by atoms with Crippen molar-refractivity contribution in [1.29, 1.82) is 0 Å². The van der Waals surface area contributed by atoms with Crippen molar-refractivity contribution in [2.75, 3.05) is 5.73 Å². The summed E-state index contributed by atoms with van der Waals surface area (Å²) in [5, 5.41) is 2.31. The molecule has 0 unspecified atom stereocenters. The number of nitrogen functional groups attached to an aromatic ring is 1. The lowest BCUT2D eigenvalue weighted by atomic mass is 9.99. The molecule has 0 fully saturated rings. The number of pyridine rings is 2. The Morgan fingerprint density at radius 3 is 2.67 bits per heavy atom. The van der Waals surface area contributed by atoms with E-state index in [1.54, 1.807) is 0 Å². The third-order valence-corrected chi connectivity index (χ3v) is 3.09. The number of anilines is 1. The first-order valence-corrected chi connectivity index (χ1v) is 5.81. The summed E-state index contributed by atoms with van der Waals surface area (Å²) in [7, 11) is 0. The number of aromatic nitrogens is 2. The molecule has 2 aromatic heterocycles. The fourth-order valence-corrected chi connectivity index (χ4v) is 2.19. The summed E-state index contributed by atoms with van der Waals surface area (Å²) >= 11 is 0. The van der Waals surface area contributed by atoms with Crippen molar-refractivity contribution < 1.29 is 0 Å². The Balaban J connectivity index is 2.31. The molecule has 1 aromatic carbocycles. The highest BCUT2D eigenvalue weighted by Crippen LogP contribution is 2.29. The predicted octanol–water partition coefficient (Wildman–Crippen LogP) is 3.19. The average molecular weight is 235 g/mol. The normalized spacial score (nSPS) is 10.7. The van der Waals surface area contributed by atoms with Gasteiger partial charge in [0.15, 0.2) is 0 Å². The van der Waals surface area contributed by atoms with Crippen LogP contribution in [0.2, 0.25) is 0 Å². The van der Waals surface area contributed by atoms with E-state index in [2.05, 4.69) is 22.1 Å². The van der Waals surface area contributed by atoms with Crippen molar-refractivity contribution >= 4 is 16.6 Å². The minimum Gasteiger partial charge on any atom is -0.384 e. The minimum absolute atomic E-state index is 0.546. The molecule has 2 N–H and O–H groups in total. The summed E-state index contributed by atoms with van der Waals surface area (Å²) < 4.78 is 0. The standard InChI is InChI=1S/C15H13N3/c1-10-6-15(16)18-9-13(10)14-8-17-7-11-4-2-3-5-12(11)14/h2-9H,1H3,(H2,16,18). The number of hydrogen-bond acceptors (Lipinski definition) is 3.